The third-order valence-corrected chi connectivity index (χ3v) is 3.27. The van der Waals surface area contributed by atoms with Gasteiger partial charge in [0.05, 0.1) is 5.52 Å². The number of nitrogens with two attached hydrogens (primary N) is 1. The van der Waals surface area contributed by atoms with Crippen molar-refractivity contribution in [2.24, 2.45) is 0 Å². The number of piperidine rings is 1. The van der Waals surface area contributed by atoms with Crippen LogP contribution in [-0.2, 0) is 0 Å². The molecular formula is C12H16N4. The summed E-state index contributed by atoms with van der Waals surface area (Å²) < 4.78 is 1.96. The van der Waals surface area contributed by atoms with Gasteiger partial charge in [-0.05, 0) is 31.4 Å². The molecule has 4 heteroatoms. The molecule has 2 aromatic heterocycles. The summed E-state index contributed by atoms with van der Waals surface area (Å²) >= 11 is 0. The number of nitrogen functional groups attached to an aromatic ring is 1. The van der Waals surface area contributed by atoms with Crippen molar-refractivity contribution < 1.29 is 0 Å². The second kappa shape index (κ2) is 3.70. The van der Waals surface area contributed by atoms with Crippen molar-refractivity contribution in [3.05, 3.63) is 24.7 Å². The highest BCUT2D eigenvalue weighted by Crippen LogP contribution is 2.23. The third-order valence-electron chi connectivity index (χ3n) is 3.27. The van der Waals surface area contributed by atoms with Gasteiger partial charge in [0, 0.05) is 25.0 Å². The number of nitrogens with zero attached hydrogens (tertiary/aromatic N) is 3. The van der Waals surface area contributed by atoms with Crippen molar-refractivity contribution in [1.29, 1.82) is 0 Å². The molecule has 0 radical (unpaired) electrons. The predicted molar refractivity (Wildman–Crippen MR) is 65.7 cm³/mol. The molecule has 1 fully saturated rings. The Morgan fingerprint density at radius 3 is 2.81 bits per heavy atom. The topological polar surface area (TPSA) is 46.6 Å². The molecule has 0 spiro atoms. The van der Waals surface area contributed by atoms with Crippen molar-refractivity contribution in [3.8, 4) is 0 Å². The minimum Gasteiger partial charge on any atom is -0.382 e. The smallest absolute Gasteiger partial charge is 0.149 e. The van der Waals surface area contributed by atoms with Gasteiger partial charge in [0.2, 0.25) is 0 Å². The number of aromatic nitrogens is 2. The van der Waals surface area contributed by atoms with Crippen LogP contribution in [0.25, 0.3) is 5.52 Å². The molecule has 3 rings (SSSR count). The molecule has 0 saturated carbocycles. The highest BCUT2D eigenvalue weighted by atomic mass is 15.1. The summed E-state index contributed by atoms with van der Waals surface area (Å²) in [6.07, 6.45) is 7.72. The van der Waals surface area contributed by atoms with Gasteiger partial charge >= 0.3 is 0 Å². The average molecular weight is 216 g/mol. The molecule has 16 heavy (non-hydrogen) atoms. The number of anilines is 2. The molecule has 0 bridgehead atoms. The molecule has 0 atom stereocenters. The Hall–Kier alpha value is -1.71. The lowest BCUT2D eigenvalue weighted by atomic mass is 10.1. The van der Waals surface area contributed by atoms with Gasteiger partial charge in [0.15, 0.2) is 0 Å². The Balaban J connectivity index is 1.99. The second-order valence-electron chi connectivity index (χ2n) is 4.35. The van der Waals surface area contributed by atoms with Gasteiger partial charge < -0.3 is 15.0 Å². The maximum absolute atomic E-state index is 5.82. The highest BCUT2D eigenvalue weighted by Gasteiger charge is 2.11. The number of hydrogen-bond acceptors (Lipinski definition) is 3. The van der Waals surface area contributed by atoms with Crippen LogP contribution in [0.2, 0.25) is 0 Å². The number of pyridine rings is 1. The van der Waals surface area contributed by atoms with E-state index in [0.29, 0.717) is 5.82 Å². The van der Waals surface area contributed by atoms with E-state index >= 15 is 0 Å². The maximum Gasteiger partial charge on any atom is 0.149 e. The van der Waals surface area contributed by atoms with Crippen LogP contribution in [0, 0.1) is 0 Å². The van der Waals surface area contributed by atoms with E-state index in [1.54, 1.807) is 6.33 Å². The molecule has 0 amide bonds. The Morgan fingerprint density at radius 2 is 2.00 bits per heavy atom. The van der Waals surface area contributed by atoms with Crippen molar-refractivity contribution in [2.45, 2.75) is 19.3 Å². The largest absolute Gasteiger partial charge is 0.382 e. The van der Waals surface area contributed by atoms with Crippen molar-refractivity contribution >= 4 is 17.0 Å². The first-order valence-corrected chi connectivity index (χ1v) is 5.82. The zero-order valence-corrected chi connectivity index (χ0v) is 9.26. The molecule has 0 aliphatic carbocycles. The quantitative estimate of drug-likeness (QED) is 0.792. The third kappa shape index (κ3) is 1.50. The number of hydrogen-bond donors (Lipinski definition) is 1. The Morgan fingerprint density at radius 1 is 1.19 bits per heavy atom. The van der Waals surface area contributed by atoms with E-state index in [-0.39, 0.29) is 0 Å². The van der Waals surface area contributed by atoms with E-state index in [2.05, 4.69) is 22.0 Å². The van der Waals surface area contributed by atoms with Gasteiger partial charge in [-0.2, -0.15) is 0 Å². The van der Waals surface area contributed by atoms with Crippen LogP contribution in [0.5, 0.6) is 0 Å². The maximum atomic E-state index is 5.82. The average Bonchev–Trinajstić information content (AvgIpc) is 2.72. The van der Waals surface area contributed by atoms with E-state index in [0.717, 1.165) is 18.6 Å². The molecule has 1 aliphatic heterocycles. The van der Waals surface area contributed by atoms with Gasteiger partial charge in [0.25, 0.3) is 0 Å². The van der Waals surface area contributed by atoms with Gasteiger partial charge in [-0.3, -0.25) is 0 Å². The van der Waals surface area contributed by atoms with Crippen LogP contribution < -0.4 is 10.6 Å². The summed E-state index contributed by atoms with van der Waals surface area (Å²) in [5, 5.41) is 0. The van der Waals surface area contributed by atoms with Gasteiger partial charge in [-0.1, -0.05) is 0 Å². The van der Waals surface area contributed by atoms with Crippen molar-refractivity contribution in [1.82, 2.24) is 9.38 Å². The van der Waals surface area contributed by atoms with E-state index in [1.807, 2.05) is 10.6 Å². The SMILES string of the molecule is Nc1ncn2ccc(N3CCCCC3)cc12. The summed E-state index contributed by atoms with van der Waals surface area (Å²) in [5.74, 6) is 0.610. The summed E-state index contributed by atoms with van der Waals surface area (Å²) in [5.41, 5.74) is 8.09. The summed E-state index contributed by atoms with van der Waals surface area (Å²) in [6.45, 7) is 2.31. The standard InChI is InChI=1S/C12H16N4/c13-12-11-8-10(4-7-16(11)9-14-12)15-5-2-1-3-6-15/h4,7-9H,1-3,5-6,13H2. The fourth-order valence-electron chi connectivity index (χ4n) is 2.35. The zero-order chi connectivity index (χ0) is 11.0. The molecule has 0 unspecified atom stereocenters. The Labute approximate surface area is 94.7 Å². The summed E-state index contributed by atoms with van der Waals surface area (Å²) in [6, 6.07) is 4.27. The van der Waals surface area contributed by atoms with Crippen LogP contribution in [0.3, 0.4) is 0 Å². The molecule has 3 heterocycles. The van der Waals surface area contributed by atoms with E-state index < -0.39 is 0 Å². The van der Waals surface area contributed by atoms with Gasteiger partial charge in [-0.15, -0.1) is 0 Å². The lowest BCUT2D eigenvalue weighted by Gasteiger charge is -2.28. The number of fused-ring (bicyclic) bond motifs is 1. The Kier molecular flexibility index (Phi) is 2.20. The van der Waals surface area contributed by atoms with Crippen LogP contribution in [0.4, 0.5) is 11.5 Å². The lowest BCUT2D eigenvalue weighted by Crippen LogP contribution is -2.29. The Bertz CT molecular complexity index is 497. The summed E-state index contributed by atoms with van der Waals surface area (Å²) in [4.78, 5) is 6.53. The fraction of sp³-hybridized carbons (Fsp3) is 0.417. The minimum atomic E-state index is 0.610. The van der Waals surface area contributed by atoms with Crippen molar-refractivity contribution in [2.75, 3.05) is 23.7 Å². The fourth-order valence-corrected chi connectivity index (χ4v) is 2.35. The highest BCUT2D eigenvalue weighted by molar-refractivity contribution is 5.71. The van der Waals surface area contributed by atoms with Crippen LogP contribution >= 0.6 is 0 Å². The first kappa shape index (κ1) is 9.51. The first-order valence-electron chi connectivity index (χ1n) is 5.82. The molecular weight excluding hydrogens is 200 g/mol. The molecule has 1 saturated heterocycles. The summed E-state index contributed by atoms with van der Waals surface area (Å²) in [7, 11) is 0. The molecule has 0 aromatic carbocycles. The van der Waals surface area contributed by atoms with Gasteiger partial charge in [-0.25, -0.2) is 4.98 Å². The van der Waals surface area contributed by atoms with E-state index in [4.69, 9.17) is 5.73 Å². The van der Waals surface area contributed by atoms with Crippen LogP contribution in [0.15, 0.2) is 24.7 Å². The first-order chi connectivity index (χ1) is 7.84. The number of imidazole rings is 1. The lowest BCUT2D eigenvalue weighted by molar-refractivity contribution is 0.578. The predicted octanol–water partition coefficient (Wildman–Crippen LogP) is 1.91. The monoisotopic (exact) mass is 216 g/mol. The van der Waals surface area contributed by atoms with E-state index in [1.165, 1.54) is 24.9 Å². The zero-order valence-electron chi connectivity index (χ0n) is 9.26. The van der Waals surface area contributed by atoms with E-state index in [9.17, 15) is 0 Å². The number of rotatable bonds is 1. The minimum absolute atomic E-state index is 0.610. The van der Waals surface area contributed by atoms with Crippen molar-refractivity contribution in [3.63, 3.8) is 0 Å². The molecule has 2 aromatic rings. The molecule has 84 valence electrons. The molecule has 4 nitrogen and oxygen atoms in total. The normalized spacial score (nSPS) is 16.9. The molecule has 1 aliphatic rings. The van der Waals surface area contributed by atoms with Crippen LogP contribution in [0.1, 0.15) is 19.3 Å². The second-order valence-corrected chi connectivity index (χ2v) is 4.35. The molecule has 2 N–H and O–H groups in total. The van der Waals surface area contributed by atoms with Crippen LogP contribution in [-0.4, -0.2) is 22.5 Å². The van der Waals surface area contributed by atoms with Gasteiger partial charge in [0.1, 0.15) is 12.1 Å².